The molecule has 12 aromatic rings. The lowest BCUT2D eigenvalue weighted by Gasteiger charge is -2.20. The summed E-state index contributed by atoms with van der Waals surface area (Å²) in [4.78, 5) is 0. The summed E-state index contributed by atoms with van der Waals surface area (Å²) in [5, 5.41) is 19.1. The molecule has 0 aromatic heterocycles. The second kappa shape index (κ2) is 12.9. The van der Waals surface area contributed by atoms with E-state index in [9.17, 15) is 0 Å². The molecule has 270 valence electrons. The fraction of sp³-hybridized carbons (Fsp3) is 0. The predicted octanol–water partition coefficient (Wildman–Crippen LogP) is 16.2. The van der Waals surface area contributed by atoms with Gasteiger partial charge in [-0.1, -0.05) is 170 Å². The number of rotatable bonds is 5. The van der Waals surface area contributed by atoms with Gasteiger partial charge in [-0.25, -0.2) is 0 Å². The van der Waals surface area contributed by atoms with Crippen molar-refractivity contribution in [3.8, 4) is 34.1 Å². The fourth-order valence-corrected chi connectivity index (χ4v) is 9.34. The van der Waals surface area contributed by atoms with E-state index in [4.69, 9.17) is 9.47 Å². The lowest BCUT2D eigenvalue weighted by Crippen LogP contribution is -1.95. The Morgan fingerprint density at radius 2 is 0.483 bits per heavy atom. The Morgan fingerprint density at radius 1 is 0.207 bits per heavy atom. The number of fused-ring (bicyclic) bond motifs is 14. The van der Waals surface area contributed by atoms with Crippen molar-refractivity contribution < 1.29 is 9.47 Å². The maximum Gasteiger partial charge on any atom is 0.136 e. The molecule has 0 bridgehead atoms. The third-order valence-corrected chi connectivity index (χ3v) is 11.9. The summed E-state index contributed by atoms with van der Waals surface area (Å²) in [5.74, 6) is 3.09. The minimum atomic E-state index is 0.764. The molecule has 0 radical (unpaired) electrons. The zero-order chi connectivity index (χ0) is 38.2. The normalized spacial score (nSPS) is 11.8. The van der Waals surface area contributed by atoms with Gasteiger partial charge in [0, 0.05) is 11.1 Å². The maximum atomic E-state index is 7.09. The van der Waals surface area contributed by atoms with Crippen molar-refractivity contribution >= 4 is 86.2 Å². The highest BCUT2D eigenvalue weighted by atomic mass is 16.5. The van der Waals surface area contributed by atoms with Gasteiger partial charge in [0.1, 0.15) is 23.0 Å². The number of benzene rings is 12. The van der Waals surface area contributed by atoms with Crippen molar-refractivity contribution in [1.29, 1.82) is 0 Å². The molecule has 0 spiro atoms. The van der Waals surface area contributed by atoms with Crippen molar-refractivity contribution in [2.24, 2.45) is 0 Å². The Balaban J connectivity index is 1.06. The van der Waals surface area contributed by atoms with Crippen LogP contribution in [-0.4, -0.2) is 0 Å². The van der Waals surface area contributed by atoms with Gasteiger partial charge in [-0.3, -0.25) is 0 Å². The fourth-order valence-electron chi connectivity index (χ4n) is 9.34. The van der Waals surface area contributed by atoms with Crippen LogP contribution in [0.1, 0.15) is 0 Å². The van der Waals surface area contributed by atoms with Crippen LogP contribution in [0.15, 0.2) is 206 Å². The monoisotopic (exact) mass is 738 g/mol. The van der Waals surface area contributed by atoms with Crippen LogP contribution in [0.25, 0.3) is 97.3 Å². The van der Waals surface area contributed by atoms with Crippen molar-refractivity contribution in [3.05, 3.63) is 206 Å². The third kappa shape index (κ3) is 5.05. The van der Waals surface area contributed by atoms with Crippen LogP contribution < -0.4 is 9.47 Å². The molecular formula is C56H34O2. The van der Waals surface area contributed by atoms with Crippen LogP contribution in [0, 0.1) is 0 Å². The topological polar surface area (TPSA) is 18.5 Å². The minimum Gasteiger partial charge on any atom is -0.457 e. The van der Waals surface area contributed by atoms with E-state index >= 15 is 0 Å². The third-order valence-electron chi connectivity index (χ3n) is 11.9. The Morgan fingerprint density at radius 3 is 0.828 bits per heavy atom. The van der Waals surface area contributed by atoms with Crippen molar-refractivity contribution in [1.82, 2.24) is 0 Å². The van der Waals surface area contributed by atoms with Crippen molar-refractivity contribution in [2.75, 3.05) is 0 Å². The van der Waals surface area contributed by atoms with E-state index in [1.807, 2.05) is 0 Å². The summed E-state index contributed by atoms with van der Waals surface area (Å²) in [6.45, 7) is 0. The summed E-state index contributed by atoms with van der Waals surface area (Å²) in [6.07, 6.45) is 0. The first-order chi connectivity index (χ1) is 28.8. The van der Waals surface area contributed by atoms with E-state index in [2.05, 4.69) is 206 Å². The Bertz CT molecular complexity index is 3320. The Kier molecular flexibility index (Phi) is 7.26. The van der Waals surface area contributed by atoms with Gasteiger partial charge in [0.05, 0.1) is 0 Å². The highest BCUT2D eigenvalue weighted by molar-refractivity contribution is 6.26. The largest absolute Gasteiger partial charge is 0.457 e. The van der Waals surface area contributed by atoms with Gasteiger partial charge in [-0.15, -0.1) is 0 Å². The second-order valence-corrected chi connectivity index (χ2v) is 15.1. The summed E-state index contributed by atoms with van der Waals surface area (Å²) >= 11 is 0. The average Bonchev–Trinajstić information content (AvgIpc) is 3.29. The Hall–Kier alpha value is -7.68. The van der Waals surface area contributed by atoms with Crippen LogP contribution in [-0.2, 0) is 0 Å². The smallest absolute Gasteiger partial charge is 0.136 e. The molecule has 0 aliphatic rings. The van der Waals surface area contributed by atoms with Gasteiger partial charge in [-0.05, 0) is 123 Å². The molecule has 2 nitrogen and oxygen atoms in total. The zero-order valence-electron chi connectivity index (χ0n) is 31.4. The highest BCUT2D eigenvalue weighted by Gasteiger charge is 2.21. The molecule has 0 aliphatic carbocycles. The number of hydrogen-bond donors (Lipinski definition) is 0. The molecule has 58 heavy (non-hydrogen) atoms. The molecule has 0 atom stereocenters. The van der Waals surface area contributed by atoms with E-state index in [0.29, 0.717) is 0 Å². The summed E-state index contributed by atoms with van der Waals surface area (Å²) in [5.41, 5.74) is 1.98. The van der Waals surface area contributed by atoms with E-state index in [1.165, 1.54) is 64.6 Å². The minimum absolute atomic E-state index is 0.764. The van der Waals surface area contributed by atoms with Gasteiger partial charge < -0.3 is 9.47 Å². The van der Waals surface area contributed by atoms with E-state index in [-0.39, 0.29) is 0 Å². The van der Waals surface area contributed by atoms with Crippen molar-refractivity contribution in [3.63, 3.8) is 0 Å². The number of hydrogen-bond acceptors (Lipinski definition) is 2. The average molecular weight is 739 g/mol. The molecule has 0 aliphatic heterocycles. The number of ether oxygens (including phenoxy) is 2. The van der Waals surface area contributed by atoms with E-state index in [1.54, 1.807) is 0 Å². The molecule has 0 saturated heterocycles. The standard InChI is InChI=1S/C56H34O2/c1-3-15-39-35(13-1)25-31-53(57-37-27-29-49-45-21-7-5-17-41(45)43-19-9-11-23-47(43)51(49)33-37)55(39)56-40-16-4-2-14-36(40)26-32-54(56)58-38-28-30-50-46-22-8-6-18-42(46)44-20-10-12-24-48(44)52(50)34-38/h1-34H. The van der Waals surface area contributed by atoms with Crippen LogP contribution in [0.3, 0.4) is 0 Å². The van der Waals surface area contributed by atoms with E-state index in [0.717, 1.165) is 55.7 Å². The lowest BCUT2D eigenvalue weighted by atomic mass is 9.92. The van der Waals surface area contributed by atoms with Crippen LogP contribution in [0.2, 0.25) is 0 Å². The molecule has 2 heteroatoms. The van der Waals surface area contributed by atoms with Crippen LogP contribution in [0.4, 0.5) is 0 Å². The summed E-state index contributed by atoms with van der Waals surface area (Å²) in [6, 6.07) is 73.3. The van der Waals surface area contributed by atoms with Gasteiger partial charge >= 0.3 is 0 Å². The second-order valence-electron chi connectivity index (χ2n) is 15.1. The summed E-state index contributed by atoms with van der Waals surface area (Å²) < 4.78 is 14.2. The van der Waals surface area contributed by atoms with Gasteiger partial charge in [0.25, 0.3) is 0 Å². The molecule has 0 saturated carbocycles. The first kappa shape index (κ1) is 32.6. The quantitative estimate of drug-likeness (QED) is 0.164. The first-order valence-corrected chi connectivity index (χ1v) is 19.8. The Labute approximate surface area is 334 Å². The molecule has 12 aromatic carbocycles. The summed E-state index contributed by atoms with van der Waals surface area (Å²) in [7, 11) is 0. The molecule has 0 fully saturated rings. The molecule has 0 amide bonds. The molecule has 0 heterocycles. The molecule has 12 rings (SSSR count). The predicted molar refractivity (Wildman–Crippen MR) is 245 cm³/mol. The molecule has 0 unspecified atom stereocenters. The van der Waals surface area contributed by atoms with Gasteiger partial charge in [0.2, 0.25) is 0 Å². The zero-order valence-corrected chi connectivity index (χ0v) is 31.4. The maximum absolute atomic E-state index is 7.09. The lowest BCUT2D eigenvalue weighted by molar-refractivity contribution is 0.479. The molecular weight excluding hydrogens is 705 g/mol. The van der Waals surface area contributed by atoms with Crippen molar-refractivity contribution in [2.45, 2.75) is 0 Å². The van der Waals surface area contributed by atoms with E-state index < -0.39 is 0 Å². The van der Waals surface area contributed by atoms with Gasteiger partial charge in [-0.2, -0.15) is 0 Å². The highest BCUT2D eigenvalue weighted by Crippen LogP contribution is 2.49. The van der Waals surface area contributed by atoms with Crippen LogP contribution in [0.5, 0.6) is 23.0 Å². The first-order valence-electron chi connectivity index (χ1n) is 19.8. The molecule has 0 N–H and O–H groups in total. The SMILES string of the molecule is c1ccc2c(-c3c(Oc4ccc5c6ccccc6c6ccccc6c5c4)ccc4ccccc34)c(Oc3ccc4c5ccccc5c5ccccc5c4c3)ccc2c1. The van der Waals surface area contributed by atoms with Crippen LogP contribution >= 0.6 is 0 Å². The van der Waals surface area contributed by atoms with Gasteiger partial charge in [0.15, 0.2) is 0 Å².